The summed E-state index contributed by atoms with van der Waals surface area (Å²) in [5.74, 6) is 1.89. The lowest BCUT2D eigenvalue weighted by Gasteiger charge is -2.34. The number of piperazine rings is 1. The van der Waals surface area contributed by atoms with Gasteiger partial charge >= 0.3 is 6.03 Å². The molecule has 0 atom stereocenters. The Morgan fingerprint density at radius 3 is 2.41 bits per heavy atom. The maximum absolute atomic E-state index is 12.5. The summed E-state index contributed by atoms with van der Waals surface area (Å²) in [5.41, 5.74) is 0.747. The van der Waals surface area contributed by atoms with Crippen molar-refractivity contribution in [1.82, 2.24) is 14.8 Å². The molecule has 7 nitrogen and oxygen atoms in total. The van der Waals surface area contributed by atoms with Gasteiger partial charge in [0.05, 0.1) is 11.9 Å². The van der Waals surface area contributed by atoms with E-state index in [2.05, 4.69) is 20.1 Å². The highest BCUT2D eigenvalue weighted by atomic mass is 16.5. The van der Waals surface area contributed by atoms with Crippen LogP contribution in [0.3, 0.4) is 0 Å². The molecule has 29 heavy (non-hydrogen) atoms. The van der Waals surface area contributed by atoms with Gasteiger partial charge in [-0.3, -0.25) is 4.90 Å². The maximum atomic E-state index is 12.5. The third-order valence-electron chi connectivity index (χ3n) is 5.51. The predicted molar refractivity (Wildman–Crippen MR) is 115 cm³/mol. The van der Waals surface area contributed by atoms with Crippen LogP contribution in [0.4, 0.5) is 16.3 Å². The fraction of sp³-hybridized carbons (Fsp3) is 0.455. The van der Waals surface area contributed by atoms with E-state index in [4.69, 9.17) is 4.74 Å². The van der Waals surface area contributed by atoms with E-state index in [1.54, 1.807) is 6.20 Å². The third kappa shape index (κ3) is 5.38. The number of para-hydroxylation sites is 1. The van der Waals surface area contributed by atoms with E-state index >= 15 is 0 Å². The van der Waals surface area contributed by atoms with Crippen molar-refractivity contribution in [3.05, 3.63) is 48.7 Å². The van der Waals surface area contributed by atoms with Crippen molar-refractivity contribution >= 4 is 17.5 Å². The molecular weight excluding hydrogens is 366 g/mol. The monoisotopic (exact) mass is 395 g/mol. The van der Waals surface area contributed by atoms with Gasteiger partial charge in [0.25, 0.3) is 0 Å². The first-order valence-corrected chi connectivity index (χ1v) is 10.4. The zero-order valence-electron chi connectivity index (χ0n) is 16.8. The smallest absolute Gasteiger partial charge is 0.321 e. The molecule has 2 fully saturated rings. The summed E-state index contributed by atoms with van der Waals surface area (Å²) in [5, 5.41) is 2.97. The summed E-state index contributed by atoms with van der Waals surface area (Å²) in [6.07, 6.45) is 4.21. The second-order valence-electron chi connectivity index (χ2n) is 7.52. The Balaban J connectivity index is 1.18. The lowest BCUT2D eigenvalue weighted by Crippen LogP contribution is -2.50. The highest BCUT2D eigenvalue weighted by molar-refractivity contribution is 5.89. The van der Waals surface area contributed by atoms with E-state index in [1.165, 1.54) is 12.8 Å². The van der Waals surface area contributed by atoms with Crippen LogP contribution >= 0.6 is 0 Å². The van der Waals surface area contributed by atoms with Crippen molar-refractivity contribution in [3.8, 4) is 5.75 Å². The molecule has 0 aliphatic carbocycles. The second-order valence-corrected chi connectivity index (χ2v) is 7.52. The highest BCUT2D eigenvalue weighted by Crippen LogP contribution is 2.19. The van der Waals surface area contributed by atoms with Crippen LogP contribution in [0.2, 0.25) is 0 Å². The zero-order valence-corrected chi connectivity index (χ0v) is 16.8. The van der Waals surface area contributed by atoms with Crippen molar-refractivity contribution < 1.29 is 9.53 Å². The molecule has 1 aromatic carbocycles. The number of rotatable bonds is 6. The minimum atomic E-state index is -0.0547. The molecule has 1 N–H and O–H groups in total. The van der Waals surface area contributed by atoms with Gasteiger partial charge in [0, 0.05) is 45.8 Å². The Kier molecular flexibility index (Phi) is 6.46. The molecule has 2 aliphatic rings. The molecule has 1 aromatic heterocycles. The molecule has 4 rings (SSSR count). The third-order valence-corrected chi connectivity index (χ3v) is 5.51. The van der Waals surface area contributed by atoms with Crippen molar-refractivity contribution in [2.45, 2.75) is 12.8 Å². The Bertz CT molecular complexity index is 770. The van der Waals surface area contributed by atoms with Crippen LogP contribution in [-0.2, 0) is 0 Å². The van der Waals surface area contributed by atoms with Gasteiger partial charge < -0.3 is 19.9 Å². The molecule has 0 unspecified atom stereocenters. The fourth-order valence-electron chi connectivity index (χ4n) is 3.78. The molecule has 2 aliphatic heterocycles. The Hall–Kier alpha value is -2.80. The standard InChI is InChI=1S/C22H29N5O2/c28-22(24-19-8-9-21(23-18-19)26-10-4-5-11-26)27-14-12-25(13-15-27)16-17-29-20-6-2-1-3-7-20/h1-3,6-9,18H,4-5,10-17H2,(H,24,28). The number of pyridine rings is 1. The van der Waals surface area contributed by atoms with Crippen molar-refractivity contribution in [2.75, 3.05) is 62.6 Å². The normalized spacial score (nSPS) is 17.4. The first-order chi connectivity index (χ1) is 14.3. The summed E-state index contributed by atoms with van der Waals surface area (Å²) >= 11 is 0. The number of nitrogens with one attached hydrogen (secondary N) is 1. The minimum absolute atomic E-state index is 0.0547. The summed E-state index contributed by atoms with van der Waals surface area (Å²) in [6.45, 7) is 6.82. The van der Waals surface area contributed by atoms with Crippen LogP contribution in [0.25, 0.3) is 0 Å². The maximum Gasteiger partial charge on any atom is 0.321 e. The Morgan fingerprint density at radius 1 is 0.966 bits per heavy atom. The largest absolute Gasteiger partial charge is 0.492 e. The molecule has 7 heteroatoms. The lowest BCUT2D eigenvalue weighted by atomic mass is 10.3. The first-order valence-electron chi connectivity index (χ1n) is 10.4. The van der Waals surface area contributed by atoms with Gasteiger partial charge in [-0.1, -0.05) is 18.2 Å². The topological polar surface area (TPSA) is 60.9 Å². The van der Waals surface area contributed by atoms with Crippen LogP contribution in [0.15, 0.2) is 48.7 Å². The van der Waals surface area contributed by atoms with Crippen LogP contribution in [0, 0.1) is 0 Å². The van der Waals surface area contributed by atoms with Gasteiger partial charge in [-0.05, 0) is 37.1 Å². The number of carbonyl (C=O) groups is 1. The van der Waals surface area contributed by atoms with Crippen molar-refractivity contribution in [3.63, 3.8) is 0 Å². The number of hydrogen-bond acceptors (Lipinski definition) is 5. The van der Waals surface area contributed by atoms with Gasteiger partial charge in [-0.25, -0.2) is 9.78 Å². The first kappa shape index (κ1) is 19.5. The quantitative estimate of drug-likeness (QED) is 0.815. The molecular formula is C22H29N5O2. The zero-order chi connectivity index (χ0) is 19.9. The summed E-state index contributed by atoms with van der Waals surface area (Å²) in [6, 6.07) is 13.7. The van der Waals surface area contributed by atoms with E-state index in [0.717, 1.165) is 63.1 Å². The summed E-state index contributed by atoms with van der Waals surface area (Å²) < 4.78 is 5.76. The van der Waals surface area contributed by atoms with Gasteiger partial charge in [0.2, 0.25) is 0 Å². The SMILES string of the molecule is O=C(Nc1ccc(N2CCCC2)nc1)N1CCN(CCOc2ccccc2)CC1. The van der Waals surface area contributed by atoms with E-state index < -0.39 is 0 Å². The molecule has 2 saturated heterocycles. The predicted octanol–water partition coefficient (Wildman–Crippen LogP) is 2.91. The Labute approximate surface area is 172 Å². The number of urea groups is 1. The fourth-order valence-corrected chi connectivity index (χ4v) is 3.78. The average molecular weight is 396 g/mol. The summed E-state index contributed by atoms with van der Waals surface area (Å²) in [4.78, 5) is 23.5. The minimum Gasteiger partial charge on any atom is -0.492 e. The lowest BCUT2D eigenvalue weighted by molar-refractivity contribution is 0.132. The number of aromatic nitrogens is 1. The van der Waals surface area contributed by atoms with Crippen molar-refractivity contribution in [2.24, 2.45) is 0 Å². The number of nitrogens with zero attached hydrogens (tertiary/aromatic N) is 4. The molecule has 0 spiro atoms. The van der Waals surface area contributed by atoms with Crippen LogP contribution in [-0.4, -0.2) is 73.2 Å². The van der Waals surface area contributed by atoms with Gasteiger partial charge in [-0.2, -0.15) is 0 Å². The molecule has 2 amide bonds. The van der Waals surface area contributed by atoms with E-state index in [-0.39, 0.29) is 6.03 Å². The number of hydrogen-bond donors (Lipinski definition) is 1. The van der Waals surface area contributed by atoms with Gasteiger partial charge in [-0.15, -0.1) is 0 Å². The van der Waals surface area contributed by atoms with Crippen LogP contribution < -0.4 is 15.0 Å². The molecule has 3 heterocycles. The summed E-state index contributed by atoms with van der Waals surface area (Å²) in [7, 11) is 0. The van der Waals surface area contributed by atoms with E-state index in [9.17, 15) is 4.79 Å². The average Bonchev–Trinajstić information content (AvgIpc) is 3.30. The molecule has 0 bridgehead atoms. The van der Waals surface area contributed by atoms with Gasteiger partial charge in [0.15, 0.2) is 0 Å². The van der Waals surface area contributed by atoms with Crippen molar-refractivity contribution in [1.29, 1.82) is 0 Å². The van der Waals surface area contributed by atoms with Crippen LogP contribution in [0.1, 0.15) is 12.8 Å². The number of benzene rings is 1. The Morgan fingerprint density at radius 2 is 1.72 bits per heavy atom. The van der Waals surface area contributed by atoms with E-state index in [1.807, 2.05) is 47.4 Å². The van der Waals surface area contributed by atoms with Gasteiger partial charge in [0.1, 0.15) is 18.2 Å². The van der Waals surface area contributed by atoms with Crippen LogP contribution in [0.5, 0.6) is 5.75 Å². The number of anilines is 2. The van der Waals surface area contributed by atoms with E-state index in [0.29, 0.717) is 6.61 Å². The number of carbonyl (C=O) groups excluding carboxylic acids is 1. The molecule has 0 radical (unpaired) electrons. The molecule has 154 valence electrons. The molecule has 0 saturated carbocycles. The number of amides is 2. The number of ether oxygens (including phenoxy) is 1. The molecule has 2 aromatic rings. The second kappa shape index (κ2) is 9.60. The highest BCUT2D eigenvalue weighted by Gasteiger charge is 2.21.